The Balaban J connectivity index is 1.79. The third-order valence-corrected chi connectivity index (χ3v) is 5.10. The number of hydrazine groups is 1. The number of aryl methyl sites for hydroxylation is 1. The van der Waals surface area contributed by atoms with Crippen LogP contribution in [0.5, 0.6) is 0 Å². The minimum atomic E-state index is -0.257. The Morgan fingerprint density at radius 1 is 1.48 bits per heavy atom. The van der Waals surface area contributed by atoms with E-state index in [2.05, 4.69) is 15.6 Å². The van der Waals surface area contributed by atoms with Crippen molar-refractivity contribution in [2.24, 2.45) is 5.84 Å². The molecule has 0 atom stereocenters. The quantitative estimate of drug-likeness (QED) is 0.332. The number of amides is 1. The van der Waals surface area contributed by atoms with Crippen LogP contribution in [0.1, 0.15) is 20.1 Å². The van der Waals surface area contributed by atoms with Crippen LogP contribution in [0.15, 0.2) is 35.6 Å². The predicted octanol–water partition coefficient (Wildman–Crippen LogP) is 2.00. The van der Waals surface area contributed by atoms with Gasteiger partial charge in [-0.1, -0.05) is 17.8 Å². The van der Waals surface area contributed by atoms with E-state index in [1.165, 1.54) is 11.3 Å². The summed E-state index contributed by atoms with van der Waals surface area (Å²) < 4.78 is 1.94. The van der Waals surface area contributed by atoms with Gasteiger partial charge in [-0.05, 0) is 30.7 Å². The summed E-state index contributed by atoms with van der Waals surface area (Å²) in [6, 6.07) is 7.66. The monoisotopic (exact) mass is 319 g/mol. The number of pyridine rings is 1. The van der Waals surface area contributed by atoms with Crippen molar-refractivity contribution in [1.29, 1.82) is 0 Å². The van der Waals surface area contributed by atoms with Crippen LogP contribution in [0.4, 0.5) is 0 Å². The highest BCUT2D eigenvalue weighted by Gasteiger charge is 2.13. The number of carbonyl (C=O) groups excluding carboxylic acids is 1. The average Bonchev–Trinajstić information content (AvgIpc) is 3.08. The maximum absolute atomic E-state index is 11.5. The minimum Gasteiger partial charge on any atom is -0.289 e. The van der Waals surface area contributed by atoms with Gasteiger partial charge in [0, 0.05) is 16.8 Å². The van der Waals surface area contributed by atoms with Gasteiger partial charge in [0.2, 0.25) is 0 Å². The Morgan fingerprint density at radius 2 is 2.33 bits per heavy atom. The second-order valence-electron chi connectivity index (χ2n) is 4.37. The number of aromatic nitrogens is 3. The molecule has 0 aliphatic heterocycles. The number of nitrogens with two attached hydrogens (primary N) is 1. The summed E-state index contributed by atoms with van der Waals surface area (Å²) in [6.45, 7) is 2.00. The van der Waals surface area contributed by atoms with E-state index in [4.69, 9.17) is 5.84 Å². The van der Waals surface area contributed by atoms with E-state index in [0.29, 0.717) is 4.88 Å². The van der Waals surface area contributed by atoms with Gasteiger partial charge in [-0.25, -0.2) is 5.84 Å². The second-order valence-corrected chi connectivity index (χ2v) is 6.56. The maximum atomic E-state index is 11.5. The fraction of sp³-hybridized carbons (Fsp3) is 0.154. The molecule has 0 aromatic carbocycles. The molecule has 3 aromatic heterocycles. The van der Waals surface area contributed by atoms with Crippen LogP contribution < -0.4 is 11.3 Å². The van der Waals surface area contributed by atoms with E-state index in [1.54, 1.807) is 11.8 Å². The summed E-state index contributed by atoms with van der Waals surface area (Å²) in [7, 11) is 0. The highest BCUT2D eigenvalue weighted by Crippen LogP contribution is 2.28. The highest BCUT2D eigenvalue weighted by molar-refractivity contribution is 7.98. The van der Waals surface area contributed by atoms with Gasteiger partial charge in [0.1, 0.15) is 0 Å². The van der Waals surface area contributed by atoms with Gasteiger partial charge >= 0.3 is 0 Å². The average molecular weight is 319 g/mol. The van der Waals surface area contributed by atoms with E-state index in [-0.39, 0.29) is 5.91 Å². The molecule has 8 heteroatoms. The summed E-state index contributed by atoms with van der Waals surface area (Å²) >= 11 is 3.03. The van der Waals surface area contributed by atoms with Crippen molar-refractivity contribution < 1.29 is 4.79 Å². The Labute approximate surface area is 129 Å². The summed E-state index contributed by atoms with van der Waals surface area (Å²) in [4.78, 5) is 13.3. The number of carbonyl (C=O) groups is 1. The largest absolute Gasteiger partial charge is 0.289 e. The van der Waals surface area contributed by atoms with Crippen LogP contribution in [0, 0.1) is 6.92 Å². The van der Waals surface area contributed by atoms with Gasteiger partial charge in [-0.15, -0.1) is 21.5 Å². The normalized spacial score (nSPS) is 11.0. The van der Waals surface area contributed by atoms with E-state index in [0.717, 1.165) is 27.0 Å². The zero-order chi connectivity index (χ0) is 14.8. The first-order chi connectivity index (χ1) is 10.2. The number of hydrogen-bond donors (Lipinski definition) is 2. The molecule has 0 radical (unpaired) electrons. The molecule has 3 N–H and O–H groups in total. The van der Waals surface area contributed by atoms with Crippen molar-refractivity contribution in [1.82, 2.24) is 20.0 Å². The van der Waals surface area contributed by atoms with Crippen molar-refractivity contribution in [2.75, 3.05) is 0 Å². The van der Waals surface area contributed by atoms with Crippen molar-refractivity contribution in [3.8, 4) is 0 Å². The fourth-order valence-electron chi connectivity index (χ4n) is 1.91. The number of fused-ring (bicyclic) bond motifs is 1. The van der Waals surface area contributed by atoms with E-state index >= 15 is 0 Å². The molecule has 0 aliphatic carbocycles. The number of nitrogen functional groups attached to an aromatic ring is 1. The molecular formula is C13H13N5OS2. The van der Waals surface area contributed by atoms with E-state index < -0.39 is 0 Å². The lowest BCUT2D eigenvalue weighted by Crippen LogP contribution is -2.29. The third-order valence-electron chi connectivity index (χ3n) is 3.01. The number of nitrogens with one attached hydrogen (secondary N) is 1. The first kappa shape index (κ1) is 14.1. The van der Waals surface area contributed by atoms with Crippen molar-refractivity contribution in [3.63, 3.8) is 0 Å². The molecule has 6 nitrogen and oxygen atoms in total. The smallest absolute Gasteiger partial charge is 0.275 e. The molecule has 0 saturated heterocycles. The summed E-state index contributed by atoms with van der Waals surface area (Å²) in [5, 5.41) is 9.13. The molecular weight excluding hydrogens is 306 g/mol. The molecule has 0 unspecified atom stereocenters. The second kappa shape index (κ2) is 5.84. The molecule has 3 heterocycles. The number of thioether (sulfide) groups is 1. The van der Waals surface area contributed by atoms with Crippen LogP contribution >= 0.6 is 23.1 Å². The van der Waals surface area contributed by atoms with Crippen LogP contribution in [0.2, 0.25) is 0 Å². The van der Waals surface area contributed by atoms with E-state index in [9.17, 15) is 4.79 Å². The first-order valence-electron chi connectivity index (χ1n) is 6.22. The predicted molar refractivity (Wildman–Crippen MR) is 83.3 cm³/mol. The number of rotatable bonds is 4. The SMILES string of the molecule is Cc1sc(C(=O)NN)cc1CSc1nnc2ccccn12. The van der Waals surface area contributed by atoms with Crippen molar-refractivity contribution in [3.05, 3.63) is 45.8 Å². The lowest BCUT2D eigenvalue weighted by Gasteiger charge is -1.99. The molecule has 0 fully saturated rings. The first-order valence-corrected chi connectivity index (χ1v) is 8.02. The van der Waals surface area contributed by atoms with Gasteiger partial charge in [-0.2, -0.15) is 0 Å². The van der Waals surface area contributed by atoms with Crippen LogP contribution in [-0.4, -0.2) is 20.5 Å². The summed E-state index contributed by atoms with van der Waals surface area (Å²) in [5.74, 6) is 5.63. The Kier molecular flexibility index (Phi) is 3.91. The van der Waals surface area contributed by atoms with Gasteiger partial charge in [0.15, 0.2) is 10.8 Å². The Bertz CT molecular complexity index is 795. The summed E-state index contributed by atoms with van der Waals surface area (Å²) in [6.07, 6.45) is 1.94. The van der Waals surface area contributed by atoms with Crippen LogP contribution in [0.25, 0.3) is 5.65 Å². The molecule has 0 spiro atoms. The zero-order valence-electron chi connectivity index (χ0n) is 11.2. The minimum absolute atomic E-state index is 0.257. The van der Waals surface area contributed by atoms with Crippen molar-refractivity contribution >= 4 is 34.7 Å². The highest BCUT2D eigenvalue weighted by atomic mass is 32.2. The standard InChI is InChI=1S/C13H13N5OS2/c1-8-9(6-10(21-8)12(19)15-14)7-20-13-17-16-11-4-2-3-5-18(11)13/h2-6H,7,14H2,1H3,(H,15,19). The molecule has 108 valence electrons. The lowest BCUT2D eigenvalue weighted by molar-refractivity contribution is 0.0957. The van der Waals surface area contributed by atoms with Gasteiger partial charge < -0.3 is 0 Å². The van der Waals surface area contributed by atoms with Crippen LogP contribution in [-0.2, 0) is 5.75 Å². The van der Waals surface area contributed by atoms with Crippen molar-refractivity contribution in [2.45, 2.75) is 17.8 Å². The molecule has 3 rings (SSSR count). The molecule has 1 amide bonds. The topological polar surface area (TPSA) is 85.3 Å². The molecule has 0 aliphatic rings. The Morgan fingerprint density at radius 3 is 3.14 bits per heavy atom. The van der Waals surface area contributed by atoms with Gasteiger partial charge in [0.05, 0.1) is 4.88 Å². The maximum Gasteiger partial charge on any atom is 0.275 e. The Hall–Kier alpha value is -1.90. The van der Waals surface area contributed by atoms with Crippen LogP contribution in [0.3, 0.4) is 0 Å². The molecule has 0 bridgehead atoms. The lowest BCUT2D eigenvalue weighted by atomic mass is 10.3. The van der Waals surface area contributed by atoms with E-state index in [1.807, 2.05) is 41.8 Å². The molecule has 0 saturated carbocycles. The van der Waals surface area contributed by atoms with Gasteiger partial charge in [0.25, 0.3) is 5.91 Å². The summed E-state index contributed by atoms with van der Waals surface area (Å²) in [5.41, 5.74) is 4.09. The van der Waals surface area contributed by atoms with Gasteiger partial charge in [-0.3, -0.25) is 14.6 Å². The number of hydrogen-bond acceptors (Lipinski definition) is 6. The number of nitrogens with zero attached hydrogens (tertiary/aromatic N) is 3. The molecule has 3 aromatic rings. The zero-order valence-corrected chi connectivity index (χ0v) is 12.9. The fourth-order valence-corrected chi connectivity index (χ4v) is 3.92. The molecule has 21 heavy (non-hydrogen) atoms. The number of thiophene rings is 1. The third kappa shape index (κ3) is 2.78.